The number of nitrogens with two attached hydrogens (primary N) is 1. The van der Waals surface area contributed by atoms with Crippen LogP contribution in [0.2, 0.25) is 0 Å². The molecule has 0 amide bonds. The van der Waals surface area contributed by atoms with Gasteiger partial charge in [0.25, 0.3) is 0 Å². The van der Waals surface area contributed by atoms with Gasteiger partial charge >= 0.3 is 118 Å². The molecule has 56 heavy (non-hydrogen) atoms. The summed E-state index contributed by atoms with van der Waals surface area (Å²) in [4.78, 5) is -0.994. The molecule has 0 saturated heterocycles. The number of anilines is 1. The third-order valence-electron chi connectivity index (χ3n) is 6.86. The third-order valence-corrected chi connectivity index (χ3v) is 13.5. The van der Waals surface area contributed by atoms with Crippen LogP contribution in [0.15, 0.2) is 92.9 Å². The van der Waals surface area contributed by atoms with E-state index in [1.807, 2.05) is 0 Å². The molecule has 0 spiro atoms. The maximum absolute atomic E-state index is 12.3. The Bertz CT molecular complexity index is 3000. The van der Waals surface area contributed by atoms with Crippen LogP contribution in [0.3, 0.4) is 0 Å². The Morgan fingerprint density at radius 1 is 0.679 bits per heavy atom. The van der Waals surface area contributed by atoms with E-state index in [9.17, 15) is 65.4 Å². The van der Waals surface area contributed by atoms with E-state index >= 15 is 0 Å². The molecule has 3 N–H and O–H groups in total. The van der Waals surface area contributed by atoms with Crippen molar-refractivity contribution >= 4 is 111 Å². The van der Waals surface area contributed by atoms with E-state index in [1.54, 1.807) is 0 Å². The van der Waals surface area contributed by atoms with E-state index in [2.05, 4.69) is 25.4 Å². The molecule has 0 bridgehead atoms. The second-order valence-electron chi connectivity index (χ2n) is 10.2. The minimum absolute atomic E-state index is 0. The number of benzene rings is 4. The summed E-state index contributed by atoms with van der Waals surface area (Å²) >= 11 is 0.797. The summed E-state index contributed by atoms with van der Waals surface area (Å²) in [5.41, 5.74) is 2.12. The molecule has 5 rings (SSSR count). The molecule has 0 fully saturated rings. The Morgan fingerprint density at radius 3 is 1.73 bits per heavy atom. The molecule has 4 aromatic carbocycles. The second-order valence-corrected chi connectivity index (χ2v) is 19.1. The summed E-state index contributed by atoms with van der Waals surface area (Å²) in [5, 5.41) is 24.0. The first-order valence-electron chi connectivity index (χ1n) is 13.4. The van der Waals surface area contributed by atoms with Crippen LogP contribution in [0, 0.1) is 0 Å². The summed E-state index contributed by atoms with van der Waals surface area (Å²) in [6.07, 6.45) is 0. The van der Waals surface area contributed by atoms with E-state index in [-0.39, 0.29) is 146 Å². The standard InChI is InChI=1S/C25H20N6O15S6.4Na/c1-2-48(33,34)25-27-14-5-3-12(9-16(14)47-25)28-30-22-18(51(41,42)43)7-11-8-19(52(44,45)46)23(24(32)20(11)21(22)26)31-29-15-10-13(49(35,36)37)4-6-17(15)50(38,39)40;;;;/h3-10,32H,2,26H2,1H3,(H,35,36,37)(H,38,39,40)(H,41,42,43)(H,44,45,46);;;;/q;4*+1/p-4. The number of hydrogen-bond acceptors (Lipinski definition) is 22. The number of fused-ring (bicyclic) bond motifs is 2. The number of phenols is 1. The second kappa shape index (κ2) is 19.4. The smallest absolute Gasteiger partial charge is 0.744 e. The Balaban J connectivity index is 0.00000392. The van der Waals surface area contributed by atoms with Crippen molar-refractivity contribution in [1.82, 2.24) is 4.98 Å². The summed E-state index contributed by atoms with van der Waals surface area (Å²) in [6, 6.07) is 6.01. The fourth-order valence-corrected chi connectivity index (χ4v) is 9.19. The van der Waals surface area contributed by atoms with Gasteiger partial charge in [-0.2, -0.15) is 5.11 Å². The zero-order chi connectivity index (χ0) is 38.8. The van der Waals surface area contributed by atoms with Crippen molar-refractivity contribution in [1.29, 1.82) is 0 Å². The summed E-state index contributed by atoms with van der Waals surface area (Å²) < 4.78 is 168. The number of aromatic nitrogens is 1. The molecule has 0 unspecified atom stereocenters. The zero-order valence-corrected chi connectivity index (χ0v) is 42.2. The van der Waals surface area contributed by atoms with Crippen molar-refractivity contribution in [2.24, 2.45) is 20.5 Å². The molecular formula is C25H16N6Na4O15S6. The van der Waals surface area contributed by atoms with Crippen molar-refractivity contribution in [2.45, 2.75) is 30.8 Å². The fourth-order valence-electron chi connectivity index (χ4n) is 4.46. The summed E-state index contributed by atoms with van der Waals surface area (Å²) in [6.45, 7) is 1.42. The van der Waals surface area contributed by atoms with Crippen LogP contribution < -0.4 is 124 Å². The molecule has 5 aromatic rings. The number of nitrogen functional groups attached to an aromatic ring is 1. The van der Waals surface area contributed by atoms with Gasteiger partial charge in [-0.1, -0.05) is 6.92 Å². The van der Waals surface area contributed by atoms with Gasteiger partial charge in [0.1, 0.15) is 57.5 Å². The van der Waals surface area contributed by atoms with Crippen molar-refractivity contribution in [3.05, 3.63) is 48.5 Å². The predicted octanol–water partition coefficient (Wildman–Crippen LogP) is -9.01. The number of rotatable bonds is 10. The number of azo groups is 2. The summed E-state index contributed by atoms with van der Waals surface area (Å²) in [7, 11) is -25.7. The molecule has 0 aliphatic rings. The molecule has 0 radical (unpaired) electrons. The molecule has 31 heteroatoms. The normalized spacial score (nSPS) is 12.6. The van der Waals surface area contributed by atoms with Crippen LogP contribution in [0.5, 0.6) is 5.75 Å². The topological polar surface area (TPSA) is 372 Å². The van der Waals surface area contributed by atoms with E-state index in [4.69, 9.17) is 5.73 Å². The first-order valence-corrected chi connectivity index (χ1v) is 21.5. The van der Waals surface area contributed by atoms with Gasteiger partial charge in [-0.25, -0.2) is 47.1 Å². The Labute approximate surface area is 410 Å². The van der Waals surface area contributed by atoms with Crippen LogP contribution in [-0.4, -0.2) is 76.1 Å². The van der Waals surface area contributed by atoms with E-state index in [0.717, 1.165) is 11.3 Å². The quantitative estimate of drug-likeness (QED) is 0.0568. The van der Waals surface area contributed by atoms with Gasteiger partial charge in [0.15, 0.2) is 5.75 Å². The Morgan fingerprint density at radius 2 is 1.21 bits per heavy atom. The van der Waals surface area contributed by atoms with Crippen LogP contribution in [0.4, 0.5) is 28.4 Å². The maximum atomic E-state index is 12.3. The molecule has 1 heterocycles. The van der Waals surface area contributed by atoms with E-state index < -0.39 is 109 Å². The fraction of sp³-hybridized carbons (Fsp3) is 0.0800. The number of phenolic OH excluding ortho intramolecular Hbond substituents is 1. The molecule has 0 aliphatic heterocycles. The molecule has 276 valence electrons. The van der Waals surface area contributed by atoms with Crippen molar-refractivity contribution in [3.8, 4) is 5.75 Å². The van der Waals surface area contributed by atoms with Gasteiger partial charge in [-0.15, -0.1) is 26.7 Å². The molecular weight excluding hydrogens is 909 g/mol. The van der Waals surface area contributed by atoms with Gasteiger partial charge in [0.2, 0.25) is 14.2 Å². The van der Waals surface area contributed by atoms with Crippen molar-refractivity contribution in [2.75, 3.05) is 11.5 Å². The number of aromatic hydroxyl groups is 1. The van der Waals surface area contributed by atoms with Crippen LogP contribution in [0.1, 0.15) is 6.92 Å². The predicted molar refractivity (Wildman–Crippen MR) is 174 cm³/mol. The van der Waals surface area contributed by atoms with Crippen molar-refractivity contribution in [3.63, 3.8) is 0 Å². The first kappa shape index (κ1) is 53.4. The first-order chi connectivity index (χ1) is 23.8. The van der Waals surface area contributed by atoms with E-state index in [1.165, 1.54) is 25.1 Å². The van der Waals surface area contributed by atoms with Gasteiger partial charge in [0, 0.05) is 0 Å². The average molecular weight is 925 g/mol. The number of hydrogen-bond donors (Lipinski definition) is 2. The van der Waals surface area contributed by atoms with Crippen LogP contribution in [0.25, 0.3) is 21.0 Å². The Hall–Kier alpha value is -0.580. The van der Waals surface area contributed by atoms with Crippen molar-refractivity contribution < 1.29 is 184 Å². The molecule has 1 aromatic heterocycles. The number of nitrogens with zero attached hydrogens (tertiary/aromatic N) is 5. The number of sulfone groups is 1. The average Bonchev–Trinajstić information content (AvgIpc) is 3.46. The molecule has 21 nitrogen and oxygen atoms in total. The largest absolute Gasteiger partial charge is 1.00 e. The molecule has 0 saturated carbocycles. The van der Waals surface area contributed by atoms with Gasteiger partial charge in [-0.3, -0.25) is 0 Å². The SMILES string of the molecule is CCS(=O)(=O)c1nc2ccc(N=Nc3c(S(=O)(=O)[O-])cc4cc(S(=O)(=O)[O-])c(N=Nc5cc(S(=O)(=O)[O-])ccc5S(=O)(=O)[O-])c(O)c4c3N)cc2s1.[Na+].[Na+].[Na+].[Na+]. The minimum Gasteiger partial charge on any atom is -0.744 e. The van der Waals surface area contributed by atoms with Crippen LogP contribution >= 0.6 is 11.3 Å². The molecule has 0 atom stereocenters. The van der Waals surface area contributed by atoms with Crippen LogP contribution in [-0.2, 0) is 50.3 Å². The monoisotopic (exact) mass is 924 g/mol. The summed E-state index contributed by atoms with van der Waals surface area (Å²) in [5.74, 6) is -1.58. The Kier molecular flexibility index (Phi) is 18.5. The molecule has 0 aliphatic carbocycles. The maximum Gasteiger partial charge on any atom is 1.00 e. The third kappa shape index (κ3) is 11.6. The van der Waals surface area contributed by atoms with Gasteiger partial charge < -0.3 is 29.1 Å². The zero-order valence-electron chi connectivity index (χ0n) is 29.3. The number of thiazole rings is 1. The van der Waals surface area contributed by atoms with Gasteiger partial charge in [-0.05, 0) is 53.9 Å². The van der Waals surface area contributed by atoms with E-state index in [0.29, 0.717) is 29.0 Å². The minimum atomic E-state index is -5.71. The van der Waals surface area contributed by atoms with Gasteiger partial charge in [0.05, 0.1) is 52.3 Å².